The van der Waals surface area contributed by atoms with Crippen LogP contribution in [0.2, 0.25) is 0 Å². The highest BCUT2D eigenvalue weighted by atomic mass is 32.2. The second-order valence-electron chi connectivity index (χ2n) is 5.11. The molecule has 0 spiro atoms. The van der Waals surface area contributed by atoms with Gasteiger partial charge in [0, 0.05) is 24.7 Å². The van der Waals surface area contributed by atoms with E-state index in [1.165, 1.54) is 24.6 Å². The number of nitrogens with zero attached hydrogens (tertiary/aromatic N) is 2. The number of hydrogen-bond acceptors (Lipinski definition) is 5. The van der Waals surface area contributed by atoms with Gasteiger partial charge in [0.1, 0.15) is 11.5 Å². The van der Waals surface area contributed by atoms with Crippen molar-refractivity contribution in [2.24, 2.45) is 4.99 Å². The highest BCUT2D eigenvalue weighted by Gasteiger charge is 2.27. The van der Waals surface area contributed by atoms with Crippen molar-refractivity contribution in [3.8, 4) is 11.5 Å². The van der Waals surface area contributed by atoms with E-state index in [2.05, 4.69) is 9.89 Å². The second kappa shape index (κ2) is 6.44. The molecule has 116 valence electrons. The minimum atomic E-state index is -0.176. The zero-order valence-corrected chi connectivity index (χ0v) is 13.5. The molecular weight excluding hydrogens is 300 g/mol. The number of benzene rings is 1. The average Bonchev–Trinajstić information content (AvgIpc) is 3.18. The van der Waals surface area contributed by atoms with Crippen LogP contribution in [0.3, 0.4) is 0 Å². The number of rotatable bonds is 3. The molecule has 0 radical (unpaired) electrons. The summed E-state index contributed by atoms with van der Waals surface area (Å²) in [7, 11) is 3.21. The number of aliphatic imine (C=N–C) groups is 1. The molecule has 6 heteroatoms. The highest BCUT2D eigenvalue weighted by molar-refractivity contribution is 8.18. The normalized spacial score (nSPS) is 19.7. The van der Waals surface area contributed by atoms with Crippen LogP contribution in [-0.4, -0.2) is 43.3 Å². The molecule has 0 atom stereocenters. The standard InChI is InChI=1S/C16H18N2O3S/c1-20-12-6-5-11(13(10-12)21-2)9-14-15(19)17-16(22-14)18-7-3-4-8-18/h5-6,9-10H,3-4,7-8H2,1-2H3/b14-9-. The summed E-state index contributed by atoms with van der Waals surface area (Å²) < 4.78 is 10.6. The van der Waals surface area contributed by atoms with Gasteiger partial charge in [0.25, 0.3) is 5.91 Å². The number of carbonyl (C=O) groups is 1. The molecule has 0 saturated carbocycles. The van der Waals surface area contributed by atoms with Crippen molar-refractivity contribution in [1.29, 1.82) is 0 Å². The van der Waals surface area contributed by atoms with Crippen molar-refractivity contribution in [1.82, 2.24) is 4.90 Å². The van der Waals surface area contributed by atoms with Crippen LogP contribution in [0.5, 0.6) is 11.5 Å². The maximum absolute atomic E-state index is 12.1. The third kappa shape index (κ3) is 2.97. The topological polar surface area (TPSA) is 51.1 Å². The van der Waals surface area contributed by atoms with Crippen molar-refractivity contribution in [3.63, 3.8) is 0 Å². The van der Waals surface area contributed by atoms with E-state index in [0.717, 1.165) is 29.6 Å². The van der Waals surface area contributed by atoms with Gasteiger partial charge in [-0.25, -0.2) is 0 Å². The molecule has 0 unspecified atom stereocenters. The third-order valence-electron chi connectivity index (χ3n) is 3.71. The van der Waals surface area contributed by atoms with E-state index in [0.29, 0.717) is 10.7 Å². The molecular formula is C16H18N2O3S. The maximum atomic E-state index is 12.1. The summed E-state index contributed by atoms with van der Waals surface area (Å²) in [4.78, 5) is 19.1. The predicted octanol–water partition coefficient (Wildman–Crippen LogP) is 2.77. The van der Waals surface area contributed by atoms with Crippen LogP contribution in [0.25, 0.3) is 6.08 Å². The fourth-order valence-corrected chi connectivity index (χ4v) is 3.48. The largest absolute Gasteiger partial charge is 0.497 e. The molecule has 2 heterocycles. The van der Waals surface area contributed by atoms with Crippen molar-refractivity contribution >= 4 is 28.9 Å². The van der Waals surface area contributed by atoms with E-state index in [1.54, 1.807) is 20.3 Å². The molecule has 1 aromatic rings. The molecule has 22 heavy (non-hydrogen) atoms. The molecule has 1 aromatic carbocycles. The first-order chi connectivity index (χ1) is 10.7. The van der Waals surface area contributed by atoms with E-state index >= 15 is 0 Å². The summed E-state index contributed by atoms with van der Waals surface area (Å²) in [5.74, 6) is 1.22. The molecule has 2 aliphatic rings. The second-order valence-corrected chi connectivity index (χ2v) is 6.12. The van der Waals surface area contributed by atoms with Crippen molar-refractivity contribution in [3.05, 3.63) is 28.7 Å². The number of amides is 1. The highest BCUT2D eigenvalue weighted by Crippen LogP contribution is 2.34. The van der Waals surface area contributed by atoms with Gasteiger partial charge in [-0.15, -0.1) is 0 Å². The van der Waals surface area contributed by atoms with E-state index in [4.69, 9.17) is 9.47 Å². The predicted molar refractivity (Wildman–Crippen MR) is 88.4 cm³/mol. The number of ether oxygens (including phenoxy) is 2. The fraction of sp³-hybridized carbons (Fsp3) is 0.375. The van der Waals surface area contributed by atoms with Gasteiger partial charge in [0.2, 0.25) is 0 Å². The van der Waals surface area contributed by atoms with E-state index in [-0.39, 0.29) is 5.91 Å². The Hall–Kier alpha value is -1.95. The van der Waals surface area contributed by atoms with Crippen LogP contribution in [0.1, 0.15) is 18.4 Å². The molecule has 0 bridgehead atoms. The van der Waals surface area contributed by atoms with E-state index in [1.807, 2.05) is 18.2 Å². The van der Waals surface area contributed by atoms with Crippen LogP contribution in [0.15, 0.2) is 28.1 Å². The molecule has 2 aliphatic heterocycles. The summed E-state index contributed by atoms with van der Waals surface area (Å²) in [5, 5.41) is 0.821. The van der Waals surface area contributed by atoms with E-state index in [9.17, 15) is 4.79 Å². The first-order valence-electron chi connectivity index (χ1n) is 7.21. The Morgan fingerprint density at radius 3 is 2.68 bits per heavy atom. The summed E-state index contributed by atoms with van der Waals surface area (Å²) >= 11 is 1.44. The van der Waals surface area contributed by atoms with Crippen LogP contribution in [0, 0.1) is 0 Å². The lowest BCUT2D eigenvalue weighted by Gasteiger charge is -2.14. The van der Waals surface area contributed by atoms with Gasteiger partial charge in [-0.1, -0.05) is 0 Å². The van der Waals surface area contributed by atoms with Gasteiger partial charge in [-0.3, -0.25) is 4.79 Å². The average molecular weight is 318 g/mol. The summed E-state index contributed by atoms with van der Waals surface area (Å²) in [6.45, 7) is 1.97. The Balaban J connectivity index is 1.83. The zero-order valence-electron chi connectivity index (χ0n) is 12.7. The summed E-state index contributed by atoms with van der Waals surface area (Å²) in [5.41, 5.74) is 0.844. The molecule has 1 saturated heterocycles. The van der Waals surface area contributed by atoms with Gasteiger partial charge in [-0.2, -0.15) is 4.99 Å². The number of likely N-dealkylation sites (tertiary alicyclic amines) is 1. The van der Waals surface area contributed by atoms with Crippen LogP contribution < -0.4 is 9.47 Å². The minimum absolute atomic E-state index is 0.176. The molecule has 1 amide bonds. The molecule has 0 aliphatic carbocycles. The Labute approximate surface area is 134 Å². The minimum Gasteiger partial charge on any atom is -0.497 e. The lowest BCUT2D eigenvalue weighted by Crippen LogP contribution is -2.23. The lowest BCUT2D eigenvalue weighted by atomic mass is 10.1. The van der Waals surface area contributed by atoms with Crippen LogP contribution in [0.4, 0.5) is 0 Å². The number of thioether (sulfide) groups is 1. The zero-order chi connectivity index (χ0) is 15.5. The fourth-order valence-electron chi connectivity index (χ4n) is 2.52. The lowest BCUT2D eigenvalue weighted by molar-refractivity contribution is -0.113. The third-order valence-corrected chi connectivity index (χ3v) is 4.76. The maximum Gasteiger partial charge on any atom is 0.286 e. The Morgan fingerprint density at radius 2 is 2.00 bits per heavy atom. The van der Waals surface area contributed by atoms with Crippen molar-refractivity contribution < 1.29 is 14.3 Å². The SMILES string of the molecule is COc1ccc(/C=C2\SC(N3CCCC3)=NC2=O)c(OC)c1. The first kappa shape index (κ1) is 15.0. The van der Waals surface area contributed by atoms with Crippen LogP contribution >= 0.6 is 11.8 Å². The Morgan fingerprint density at radius 1 is 1.23 bits per heavy atom. The van der Waals surface area contributed by atoms with E-state index < -0.39 is 0 Å². The first-order valence-corrected chi connectivity index (χ1v) is 8.02. The smallest absolute Gasteiger partial charge is 0.286 e. The van der Waals surface area contributed by atoms with Gasteiger partial charge in [0.15, 0.2) is 5.17 Å². The number of methoxy groups -OCH3 is 2. The van der Waals surface area contributed by atoms with Gasteiger partial charge >= 0.3 is 0 Å². The Kier molecular flexibility index (Phi) is 4.38. The molecule has 5 nitrogen and oxygen atoms in total. The molecule has 3 rings (SSSR count). The number of carbonyl (C=O) groups excluding carboxylic acids is 1. The quantitative estimate of drug-likeness (QED) is 0.802. The number of amidine groups is 1. The molecule has 1 fully saturated rings. The summed E-state index contributed by atoms with van der Waals surface area (Å²) in [6, 6.07) is 5.53. The van der Waals surface area contributed by atoms with Crippen molar-refractivity contribution in [2.75, 3.05) is 27.3 Å². The van der Waals surface area contributed by atoms with Gasteiger partial charge < -0.3 is 14.4 Å². The monoisotopic (exact) mass is 318 g/mol. The van der Waals surface area contributed by atoms with Gasteiger partial charge in [-0.05, 0) is 42.8 Å². The molecule has 0 N–H and O–H groups in total. The number of hydrogen-bond donors (Lipinski definition) is 0. The van der Waals surface area contributed by atoms with Crippen molar-refractivity contribution in [2.45, 2.75) is 12.8 Å². The van der Waals surface area contributed by atoms with Crippen LogP contribution in [-0.2, 0) is 4.79 Å². The van der Waals surface area contributed by atoms with Gasteiger partial charge in [0.05, 0.1) is 19.1 Å². The Bertz CT molecular complexity index is 649. The molecule has 0 aromatic heterocycles. The summed E-state index contributed by atoms with van der Waals surface area (Å²) in [6.07, 6.45) is 4.16.